The van der Waals surface area contributed by atoms with Crippen molar-refractivity contribution in [2.24, 2.45) is 0 Å². The van der Waals surface area contributed by atoms with Gasteiger partial charge in [0.2, 0.25) is 0 Å². The first-order valence-corrected chi connectivity index (χ1v) is 19.1. The van der Waals surface area contributed by atoms with Gasteiger partial charge in [-0.25, -0.2) is 0 Å². The highest BCUT2D eigenvalue weighted by Crippen LogP contribution is 2.38. The van der Waals surface area contributed by atoms with Gasteiger partial charge < -0.3 is 29.9 Å². The highest BCUT2D eigenvalue weighted by molar-refractivity contribution is 9.10. The Balaban J connectivity index is 1.19. The number of nitrogens with zero attached hydrogens (tertiary/aromatic N) is 4. The monoisotopic (exact) mass is 868 g/mol. The van der Waals surface area contributed by atoms with Gasteiger partial charge in [0.25, 0.3) is 0 Å². The molecule has 14 nitrogen and oxygen atoms in total. The molecule has 0 bridgehead atoms. The number of nitriles is 1. The van der Waals surface area contributed by atoms with E-state index in [2.05, 4.69) is 37.6 Å². The number of carboxylic acid groups (broad SMARTS) is 2. The van der Waals surface area contributed by atoms with Crippen LogP contribution in [-0.4, -0.2) is 72.4 Å². The Morgan fingerprint density at radius 2 is 1.47 bits per heavy atom. The number of aromatic nitrogens is 3. The predicted molar refractivity (Wildman–Crippen MR) is 218 cm³/mol. The lowest BCUT2D eigenvalue weighted by Gasteiger charge is -2.18. The minimum Gasteiger partial charge on any atom is -0.488 e. The van der Waals surface area contributed by atoms with E-state index in [1.54, 1.807) is 24.4 Å². The molecule has 2 aromatic heterocycles. The summed E-state index contributed by atoms with van der Waals surface area (Å²) in [5.41, 5.74) is 7.09. The maximum atomic E-state index is 11.5. The number of hydrogen-bond donors (Lipinski definition) is 6. The van der Waals surface area contributed by atoms with Crippen molar-refractivity contribution >= 4 is 50.4 Å². The third kappa shape index (κ3) is 10.2. The van der Waals surface area contributed by atoms with Crippen molar-refractivity contribution < 1.29 is 39.5 Å². The molecule has 0 amide bonds. The largest absolute Gasteiger partial charge is 0.488 e. The molecule has 2 atom stereocenters. The quantitative estimate of drug-likeness (QED) is 0.0581. The summed E-state index contributed by atoms with van der Waals surface area (Å²) in [6.45, 7) is -0.0903. The number of aliphatic hydroxyl groups excluding tert-OH is 2. The van der Waals surface area contributed by atoms with Crippen LogP contribution in [0.2, 0.25) is 5.02 Å². The van der Waals surface area contributed by atoms with Gasteiger partial charge in [0.15, 0.2) is 0 Å². The molecule has 0 aliphatic heterocycles. The number of benzene rings is 4. The number of carbonyl (C=O) groups is 2. The zero-order valence-electron chi connectivity index (χ0n) is 30.8. The molecule has 58 heavy (non-hydrogen) atoms. The summed E-state index contributed by atoms with van der Waals surface area (Å²) in [5, 5.41) is 58.2. The summed E-state index contributed by atoms with van der Waals surface area (Å²) < 4.78 is 15.1. The van der Waals surface area contributed by atoms with Crippen LogP contribution in [0.3, 0.4) is 0 Å². The van der Waals surface area contributed by atoms with Crippen LogP contribution < -0.4 is 20.1 Å². The first-order chi connectivity index (χ1) is 28.1. The second-order valence-electron chi connectivity index (χ2n) is 13.2. The molecule has 298 valence electrons. The van der Waals surface area contributed by atoms with Crippen molar-refractivity contribution in [3.8, 4) is 28.7 Å². The summed E-state index contributed by atoms with van der Waals surface area (Å²) >= 11 is 10.5. The summed E-state index contributed by atoms with van der Waals surface area (Å²) in [7, 11) is 0. The first-order valence-electron chi connectivity index (χ1n) is 17.9. The van der Waals surface area contributed by atoms with E-state index in [-0.39, 0.29) is 24.8 Å². The van der Waals surface area contributed by atoms with Gasteiger partial charge in [0.05, 0.1) is 42.1 Å². The van der Waals surface area contributed by atoms with Crippen LogP contribution in [0.5, 0.6) is 11.5 Å². The molecule has 2 heterocycles. The molecule has 6 N–H and O–H groups in total. The normalized spacial score (nSPS) is 12.2. The minimum absolute atomic E-state index is 0.0196. The summed E-state index contributed by atoms with van der Waals surface area (Å²) in [5.74, 6) is -1.64. The lowest BCUT2D eigenvalue weighted by atomic mass is 10.00. The molecule has 0 spiro atoms. The number of fused-ring (bicyclic) bond motifs is 1. The number of aliphatic hydroxyl groups is 2. The van der Waals surface area contributed by atoms with Gasteiger partial charge in [-0.1, -0.05) is 66.2 Å². The van der Waals surface area contributed by atoms with Gasteiger partial charge in [0.1, 0.15) is 42.9 Å². The Hall–Kier alpha value is -5.86. The van der Waals surface area contributed by atoms with Crippen LogP contribution in [0, 0.1) is 11.3 Å². The van der Waals surface area contributed by atoms with Gasteiger partial charge >= 0.3 is 11.9 Å². The Bertz CT molecular complexity index is 2460. The minimum atomic E-state index is -1.21. The number of rotatable bonds is 19. The molecule has 16 heteroatoms. The molecule has 0 aliphatic rings. The predicted octanol–water partition coefficient (Wildman–Crippen LogP) is 5.66. The topological polar surface area (TPSA) is 212 Å². The molecule has 6 rings (SSSR count). The van der Waals surface area contributed by atoms with Crippen LogP contribution in [0.15, 0.2) is 102 Å². The lowest BCUT2D eigenvalue weighted by molar-refractivity contribution is -0.141. The Morgan fingerprint density at radius 3 is 2.17 bits per heavy atom. The van der Waals surface area contributed by atoms with Crippen molar-refractivity contribution in [1.29, 1.82) is 5.26 Å². The van der Waals surface area contributed by atoms with E-state index in [1.165, 1.54) is 6.20 Å². The van der Waals surface area contributed by atoms with Crippen LogP contribution in [-0.2, 0) is 42.4 Å². The van der Waals surface area contributed by atoms with Crippen LogP contribution >= 0.6 is 27.5 Å². The van der Waals surface area contributed by atoms with Crippen molar-refractivity contribution in [3.05, 3.63) is 140 Å². The maximum absolute atomic E-state index is 11.5. The van der Waals surface area contributed by atoms with Crippen LogP contribution in [0.25, 0.3) is 22.0 Å². The van der Waals surface area contributed by atoms with E-state index in [1.807, 2.05) is 71.5 Å². The first kappa shape index (κ1) is 41.8. The molecule has 2 unspecified atom stereocenters. The van der Waals surface area contributed by atoms with Crippen LogP contribution in [0.1, 0.15) is 33.4 Å². The Labute approximate surface area is 346 Å². The Morgan fingerprint density at radius 1 is 0.793 bits per heavy atom. The molecular formula is C42H38BrClN6O8. The van der Waals surface area contributed by atoms with Gasteiger partial charge in [-0.05, 0) is 56.4 Å². The third-order valence-corrected chi connectivity index (χ3v) is 10.5. The summed E-state index contributed by atoms with van der Waals surface area (Å²) in [6, 6.07) is 24.4. The molecule has 4 aromatic carbocycles. The fourth-order valence-electron chi connectivity index (χ4n) is 6.14. The standard InChI is InChI=1S/C42H38BrClN6O8/c43-40-29(24-58-39-13-38(57-23-28-11-27(14-45)15-46-16-28)30(12-34(39)44)18-48-36(22-52)42(55)56)3-1-5-32(40)31-4-2-6-37-33(31)19-49-50(37)20-26-9-7-25(8-10-26)17-47-35(21-51)41(53)54/h1-13,15-16,19,35-36,47-48,51-52H,17-18,20-24H2,(H,53,54)(H,55,56). The average molecular weight is 870 g/mol. The number of hydrogen-bond acceptors (Lipinski definition) is 11. The molecule has 0 saturated carbocycles. The number of nitrogens with one attached hydrogen (secondary N) is 2. The Kier molecular flexibility index (Phi) is 14.1. The summed E-state index contributed by atoms with van der Waals surface area (Å²) in [6.07, 6.45) is 4.86. The molecule has 0 saturated heterocycles. The van der Waals surface area contributed by atoms with Crippen LogP contribution in [0.4, 0.5) is 0 Å². The highest BCUT2D eigenvalue weighted by atomic mass is 79.9. The fourth-order valence-corrected chi connectivity index (χ4v) is 6.97. The molecule has 0 aliphatic carbocycles. The van der Waals surface area contributed by atoms with E-state index >= 15 is 0 Å². The number of ether oxygens (including phenoxy) is 2. The van der Waals surface area contributed by atoms with Crippen molar-refractivity contribution in [2.75, 3.05) is 13.2 Å². The van der Waals surface area contributed by atoms with Crippen molar-refractivity contribution in [3.63, 3.8) is 0 Å². The van der Waals surface area contributed by atoms with E-state index in [0.717, 1.165) is 43.2 Å². The van der Waals surface area contributed by atoms with E-state index in [9.17, 15) is 30.2 Å². The number of pyridine rings is 1. The highest BCUT2D eigenvalue weighted by Gasteiger charge is 2.20. The van der Waals surface area contributed by atoms with Gasteiger partial charge in [-0.15, -0.1) is 0 Å². The molecule has 0 radical (unpaired) electrons. The second kappa shape index (κ2) is 19.5. The summed E-state index contributed by atoms with van der Waals surface area (Å²) in [4.78, 5) is 26.8. The zero-order chi connectivity index (χ0) is 41.2. The number of aliphatic carboxylic acids is 2. The van der Waals surface area contributed by atoms with E-state index < -0.39 is 37.2 Å². The van der Waals surface area contributed by atoms with Gasteiger partial charge in [-0.3, -0.25) is 29.9 Å². The lowest BCUT2D eigenvalue weighted by Crippen LogP contribution is -2.39. The van der Waals surface area contributed by atoms with Crippen molar-refractivity contribution in [2.45, 2.75) is 44.9 Å². The van der Waals surface area contributed by atoms with E-state index in [4.69, 9.17) is 31.3 Å². The molecular weight excluding hydrogens is 832 g/mol. The smallest absolute Gasteiger partial charge is 0.323 e. The second-order valence-corrected chi connectivity index (χ2v) is 14.4. The van der Waals surface area contributed by atoms with E-state index in [0.29, 0.717) is 41.3 Å². The molecule has 6 aromatic rings. The maximum Gasteiger partial charge on any atom is 0.323 e. The fraction of sp³-hybridized carbons (Fsp3) is 0.214. The molecule has 0 fully saturated rings. The zero-order valence-corrected chi connectivity index (χ0v) is 33.2. The van der Waals surface area contributed by atoms with Gasteiger partial charge in [0, 0.05) is 58.1 Å². The van der Waals surface area contributed by atoms with Crippen molar-refractivity contribution in [1.82, 2.24) is 25.4 Å². The average Bonchev–Trinajstić information content (AvgIpc) is 3.64. The van der Waals surface area contributed by atoms with Gasteiger partial charge in [-0.2, -0.15) is 10.4 Å². The number of halogens is 2. The SMILES string of the molecule is N#Cc1cncc(COc2cc(OCc3cccc(-c4cccc5c4cnn5Cc4ccc(CNC(CO)C(=O)O)cc4)c3Br)c(Cl)cc2CNC(CO)C(=O)O)c1. The third-order valence-electron chi connectivity index (χ3n) is 9.28. The number of carboxylic acids is 2.